The molecule has 3 aromatic heterocycles. The highest BCUT2D eigenvalue weighted by atomic mass is 16.3. The molecule has 0 unspecified atom stereocenters. The minimum Gasteiger partial charge on any atom is -0.463 e. The van der Waals surface area contributed by atoms with Crippen LogP contribution < -0.4 is 11.3 Å². The van der Waals surface area contributed by atoms with E-state index in [1.807, 2.05) is 0 Å². The summed E-state index contributed by atoms with van der Waals surface area (Å²) in [5, 5.41) is 7.88. The highest BCUT2D eigenvalue weighted by Crippen LogP contribution is 2.20. The first-order valence-electron chi connectivity index (χ1n) is 7.79. The normalized spacial score (nSPS) is 13.5. The van der Waals surface area contributed by atoms with Crippen molar-refractivity contribution in [2.75, 3.05) is 12.3 Å². The summed E-state index contributed by atoms with van der Waals surface area (Å²) in [4.78, 5) is 29.4. The van der Waals surface area contributed by atoms with E-state index >= 15 is 0 Å². The van der Waals surface area contributed by atoms with Crippen LogP contribution in [0.15, 0.2) is 45.8 Å². The van der Waals surface area contributed by atoms with Crippen LogP contribution >= 0.6 is 0 Å². The number of nitrogens with two attached hydrogens (primary N) is 1. The van der Waals surface area contributed by atoms with E-state index in [1.54, 1.807) is 29.2 Å². The smallest absolute Gasteiger partial charge is 0.261 e. The Morgan fingerprint density at radius 1 is 1.28 bits per heavy atom. The van der Waals surface area contributed by atoms with E-state index in [9.17, 15) is 9.59 Å². The third kappa shape index (κ3) is 2.78. The molecule has 25 heavy (non-hydrogen) atoms. The van der Waals surface area contributed by atoms with Crippen LogP contribution in [-0.4, -0.2) is 32.5 Å². The number of pyridine rings is 1. The van der Waals surface area contributed by atoms with Crippen LogP contribution in [0, 0.1) is 0 Å². The summed E-state index contributed by atoms with van der Waals surface area (Å²) in [7, 11) is 0. The minimum absolute atomic E-state index is 0.0914. The maximum absolute atomic E-state index is 12.7. The molecule has 0 aliphatic carbocycles. The third-order valence-electron chi connectivity index (χ3n) is 4.17. The molecule has 0 fully saturated rings. The highest BCUT2D eigenvalue weighted by Gasteiger charge is 2.25. The van der Waals surface area contributed by atoms with Gasteiger partial charge in [0.1, 0.15) is 17.1 Å². The second kappa shape index (κ2) is 5.90. The second-order valence-corrected chi connectivity index (χ2v) is 5.81. The lowest BCUT2D eigenvalue weighted by molar-refractivity contribution is 0.0731. The Balaban J connectivity index is 1.60. The molecule has 3 N–H and O–H groups in total. The number of anilines is 1. The minimum atomic E-state index is -0.447. The SMILES string of the molecule is Nc1cc2c(nn1)CCN(C(=O)c1ccc(-c3ccco3)[nH]c1=O)C2. The largest absolute Gasteiger partial charge is 0.463 e. The highest BCUT2D eigenvalue weighted by molar-refractivity contribution is 5.94. The summed E-state index contributed by atoms with van der Waals surface area (Å²) < 4.78 is 5.25. The van der Waals surface area contributed by atoms with Gasteiger partial charge in [-0.25, -0.2) is 0 Å². The maximum atomic E-state index is 12.7. The molecule has 0 saturated carbocycles. The topological polar surface area (TPSA) is 118 Å². The predicted molar refractivity (Wildman–Crippen MR) is 89.7 cm³/mol. The fraction of sp³-hybridized carbons (Fsp3) is 0.176. The first-order chi connectivity index (χ1) is 12.1. The van der Waals surface area contributed by atoms with E-state index in [0.717, 1.165) is 11.3 Å². The van der Waals surface area contributed by atoms with Gasteiger partial charge in [-0.05, 0) is 35.9 Å². The summed E-state index contributed by atoms with van der Waals surface area (Å²) in [5.74, 6) is 0.527. The Labute approximate surface area is 142 Å². The number of hydrogen-bond acceptors (Lipinski definition) is 6. The van der Waals surface area contributed by atoms with Crippen LogP contribution in [0.2, 0.25) is 0 Å². The number of carbonyl (C=O) groups excluding carboxylic acids is 1. The molecule has 3 aromatic rings. The summed E-state index contributed by atoms with van der Waals surface area (Å²) in [6.07, 6.45) is 2.10. The van der Waals surface area contributed by atoms with Crippen LogP contribution in [0.3, 0.4) is 0 Å². The molecule has 126 valence electrons. The van der Waals surface area contributed by atoms with Gasteiger partial charge in [0.25, 0.3) is 11.5 Å². The molecule has 0 atom stereocenters. The van der Waals surface area contributed by atoms with Crippen molar-refractivity contribution in [2.45, 2.75) is 13.0 Å². The summed E-state index contributed by atoms with van der Waals surface area (Å²) in [6, 6.07) is 8.36. The lowest BCUT2D eigenvalue weighted by atomic mass is 10.1. The Hall–Kier alpha value is -3.42. The third-order valence-corrected chi connectivity index (χ3v) is 4.17. The summed E-state index contributed by atoms with van der Waals surface area (Å²) in [6.45, 7) is 0.830. The van der Waals surface area contributed by atoms with Crippen LogP contribution in [0.25, 0.3) is 11.5 Å². The number of nitrogen functional groups attached to an aromatic ring is 1. The number of fused-ring (bicyclic) bond motifs is 1. The number of hydrogen-bond donors (Lipinski definition) is 2. The van der Waals surface area contributed by atoms with Crippen molar-refractivity contribution in [1.82, 2.24) is 20.1 Å². The van der Waals surface area contributed by atoms with Crippen molar-refractivity contribution in [3.63, 3.8) is 0 Å². The number of nitrogens with one attached hydrogen (secondary N) is 1. The molecule has 0 bridgehead atoms. The first-order valence-corrected chi connectivity index (χ1v) is 7.79. The van der Waals surface area contributed by atoms with E-state index in [0.29, 0.717) is 36.8 Å². The maximum Gasteiger partial charge on any atom is 0.261 e. The fourth-order valence-corrected chi connectivity index (χ4v) is 2.91. The predicted octanol–water partition coefficient (Wildman–Crippen LogP) is 1.21. The standard InChI is InChI=1S/C17H15N5O3/c18-15-8-10-9-22(6-5-12(10)20-21-15)17(24)11-3-4-13(19-16(11)23)14-2-1-7-25-14/h1-4,7-8H,5-6,9H2,(H2,18,21)(H,19,23). The molecule has 8 nitrogen and oxygen atoms in total. The summed E-state index contributed by atoms with van der Waals surface area (Å²) >= 11 is 0. The number of carbonyl (C=O) groups is 1. The number of rotatable bonds is 2. The van der Waals surface area contributed by atoms with E-state index in [-0.39, 0.29) is 11.5 Å². The van der Waals surface area contributed by atoms with Crippen LogP contribution in [0.1, 0.15) is 21.6 Å². The Bertz CT molecular complexity index is 994. The van der Waals surface area contributed by atoms with Gasteiger partial charge >= 0.3 is 0 Å². The monoisotopic (exact) mass is 337 g/mol. The number of aromatic amines is 1. The van der Waals surface area contributed by atoms with Gasteiger partial charge in [-0.3, -0.25) is 9.59 Å². The van der Waals surface area contributed by atoms with Gasteiger partial charge in [-0.2, -0.15) is 5.10 Å². The van der Waals surface area contributed by atoms with E-state index in [4.69, 9.17) is 10.2 Å². The van der Waals surface area contributed by atoms with Crippen LogP contribution in [0.5, 0.6) is 0 Å². The van der Waals surface area contributed by atoms with Crippen molar-refractivity contribution in [1.29, 1.82) is 0 Å². The molecule has 1 aliphatic heterocycles. The van der Waals surface area contributed by atoms with Crippen molar-refractivity contribution in [3.05, 3.63) is 63.8 Å². The molecule has 8 heteroatoms. The van der Waals surface area contributed by atoms with Gasteiger partial charge in [-0.15, -0.1) is 5.10 Å². The van der Waals surface area contributed by atoms with Gasteiger partial charge < -0.3 is 20.0 Å². The molecule has 1 aliphatic rings. The first kappa shape index (κ1) is 15.1. The zero-order valence-corrected chi connectivity index (χ0v) is 13.2. The molecule has 0 aromatic carbocycles. The Kier molecular flexibility index (Phi) is 3.57. The molecule has 4 rings (SSSR count). The summed E-state index contributed by atoms with van der Waals surface area (Å²) in [5.41, 5.74) is 7.52. The molecular weight excluding hydrogens is 322 g/mol. The average molecular weight is 337 g/mol. The second-order valence-electron chi connectivity index (χ2n) is 5.81. The number of amides is 1. The van der Waals surface area contributed by atoms with E-state index < -0.39 is 5.56 Å². The van der Waals surface area contributed by atoms with Gasteiger partial charge in [0.2, 0.25) is 0 Å². The fourth-order valence-electron chi connectivity index (χ4n) is 2.91. The van der Waals surface area contributed by atoms with Crippen LogP contribution in [-0.2, 0) is 13.0 Å². The number of H-pyrrole nitrogens is 1. The van der Waals surface area contributed by atoms with Crippen molar-refractivity contribution >= 4 is 11.7 Å². The molecule has 0 spiro atoms. The molecule has 4 heterocycles. The van der Waals surface area contributed by atoms with Gasteiger partial charge in [0, 0.05) is 19.5 Å². The van der Waals surface area contributed by atoms with Crippen molar-refractivity contribution in [2.24, 2.45) is 0 Å². The average Bonchev–Trinajstić information content (AvgIpc) is 3.15. The van der Waals surface area contributed by atoms with E-state index in [2.05, 4.69) is 15.2 Å². The number of nitrogens with zero attached hydrogens (tertiary/aromatic N) is 3. The zero-order chi connectivity index (χ0) is 17.4. The number of aromatic nitrogens is 3. The van der Waals surface area contributed by atoms with E-state index in [1.165, 1.54) is 12.3 Å². The van der Waals surface area contributed by atoms with Gasteiger partial charge in [0.05, 0.1) is 17.7 Å². The quantitative estimate of drug-likeness (QED) is 0.725. The van der Waals surface area contributed by atoms with Crippen LogP contribution in [0.4, 0.5) is 5.82 Å². The van der Waals surface area contributed by atoms with Crippen molar-refractivity contribution in [3.8, 4) is 11.5 Å². The zero-order valence-electron chi connectivity index (χ0n) is 13.2. The van der Waals surface area contributed by atoms with Gasteiger partial charge in [0.15, 0.2) is 0 Å². The molecule has 1 amide bonds. The Morgan fingerprint density at radius 2 is 2.16 bits per heavy atom. The molecule has 0 radical (unpaired) electrons. The van der Waals surface area contributed by atoms with Gasteiger partial charge in [-0.1, -0.05) is 0 Å². The lowest BCUT2D eigenvalue weighted by Crippen LogP contribution is -2.39. The molecule has 0 saturated heterocycles. The lowest BCUT2D eigenvalue weighted by Gasteiger charge is -2.27. The molecular formula is C17H15N5O3. The Morgan fingerprint density at radius 3 is 2.92 bits per heavy atom. The number of furan rings is 1. The van der Waals surface area contributed by atoms with Crippen molar-refractivity contribution < 1.29 is 9.21 Å².